The van der Waals surface area contributed by atoms with Gasteiger partial charge in [-0.2, -0.15) is 13.2 Å². The largest absolute Gasteiger partial charge is 0.501 e. The Hall–Kier alpha value is -1.84. The van der Waals surface area contributed by atoms with Crippen LogP contribution in [-0.2, 0) is 16.3 Å². The number of aliphatic hydroxyl groups excluding tert-OH is 1. The number of sulfone groups is 1. The first kappa shape index (κ1) is 19.9. The number of aliphatic hydroxyl groups is 1. The van der Waals surface area contributed by atoms with Crippen LogP contribution in [0.5, 0.6) is 11.5 Å². The lowest BCUT2D eigenvalue weighted by molar-refractivity contribution is -0.0439. The van der Waals surface area contributed by atoms with E-state index in [-0.39, 0.29) is 17.1 Å². The van der Waals surface area contributed by atoms with E-state index >= 15 is 0 Å². The predicted octanol–water partition coefficient (Wildman–Crippen LogP) is 4.74. The number of ether oxygens (including phenoxy) is 1. The molecule has 1 N–H and O–H groups in total. The summed E-state index contributed by atoms with van der Waals surface area (Å²) in [6.07, 6.45) is -2.57. The Morgan fingerprint density at radius 1 is 1.26 bits per heavy atom. The molecule has 0 saturated carbocycles. The van der Waals surface area contributed by atoms with Gasteiger partial charge in [-0.15, -0.1) is 0 Å². The summed E-state index contributed by atoms with van der Waals surface area (Å²) in [5.41, 5.74) is -8.73. The van der Waals surface area contributed by atoms with Crippen LogP contribution in [0.2, 0.25) is 5.02 Å². The molecular formula is C17H13ClF4O4S. The van der Waals surface area contributed by atoms with Gasteiger partial charge in [-0.3, -0.25) is 0 Å². The van der Waals surface area contributed by atoms with Crippen molar-refractivity contribution in [3.8, 4) is 11.5 Å². The van der Waals surface area contributed by atoms with Crippen molar-refractivity contribution in [2.24, 2.45) is 0 Å². The van der Waals surface area contributed by atoms with E-state index in [4.69, 9.17) is 16.3 Å². The van der Waals surface area contributed by atoms with Gasteiger partial charge >= 0.3 is 5.51 Å². The smallest absolute Gasteiger partial charge is 0.457 e. The molecule has 1 aliphatic rings. The zero-order valence-electron chi connectivity index (χ0n) is 13.7. The Kier molecular flexibility index (Phi) is 4.69. The number of hydrogen-bond donors (Lipinski definition) is 1. The second-order valence-electron chi connectivity index (χ2n) is 6.32. The van der Waals surface area contributed by atoms with Gasteiger partial charge in [0.1, 0.15) is 23.3 Å². The minimum atomic E-state index is -5.78. The predicted molar refractivity (Wildman–Crippen MR) is 89.4 cm³/mol. The quantitative estimate of drug-likeness (QED) is 0.723. The SMILES string of the molecule is CC1(F)Cc2c(Oc3cccc(Cl)c3)ccc(S(=O)(=O)C(F)(F)F)c2C1O. The third kappa shape index (κ3) is 3.39. The first-order chi connectivity index (χ1) is 12.3. The Balaban J connectivity index is 2.19. The zero-order valence-corrected chi connectivity index (χ0v) is 15.3. The van der Waals surface area contributed by atoms with Crippen LogP contribution in [-0.4, -0.2) is 24.7 Å². The molecule has 0 fully saturated rings. The third-order valence-electron chi connectivity index (χ3n) is 4.26. The summed E-state index contributed by atoms with van der Waals surface area (Å²) < 4.78 is 82.9. The molecule has 0 bridgehead atoms. The Morgan fingerprint density at radius 2 is 1.93 bits per heavy atom. The number of rotatable bonds is 3. The highest BCUT2D eigenvalue weighted by Crippen LogP contribution is 2.50. The van der Waals surface area contributed by atoms with E-state index < -0.39 is 44.0 Å². The maximum absolute atomic E-state index is 14.6. The lowest BCUT2D eigenvalue weighted by Gasteiger charge is -2.19. The van der Waals surface area contributed by atoms with Crippen molar-refractivity contribution in [1.29, 1.82) is 0 Å². The number of hydrogen-bond acceptors (Lipinski definition) is 4. The molecule has 27 heavy (non-hydrogen) atoms. The highest BCUT2D eigenvalue weighted by molar-refractivity contribution is 7.92. The number of fused-ring (bicyclic) bond motifs is 1. The molecule has 1 aliphatic carbocycles. The van der Waals surface area contributed by atoms with Gasteiger partial charge in [0, 0.05) is 22.6 Å². The molecule has 0 heterocycles. The van der Waals surface area contributed by atoms with Gasteiger partial charge in [0.05, 0.1) is 4.90 Å². The summed E-state index contributed by atoms with van der Waals surface area (Å²) in [4.78, 5) is -1.18. The first-order valence-electron chi connectivity index (χ1n) is 7.62. The monoisotopic (exact) mass is 424 g/mol. The van der Waals surface area contributed by atoms with E-state index in [1.807, 2.05) is 0 Å². The molecule has 2 atom stereocenters. The molecule has 0 aliphatic heterocycles. The molecule has 4 nitrogen and oxygen atoms in total. The Labute approximate surface area is 157 Å². The number of alkyl halides is 4. The number of benzene rings is 2. The van der Waals surface area contributed by atoms with Gasteiger partial charge in [0.15, 0.2) is 0 Å². The summed E-state index contributed by atoms with van der Waals surface area (Å²) in [6, 6.07) is 7.74. The molecule has 0 radical (unpaired) electrons. The van der Waals surface area contributed by atoms with Gasteiger partial charge in [-0.05, 0) is 37.3 Å². The van der Waals surface area contributed by atoms with Crippen LogP contribution in [0.3, 0.4) is 0 Å². The van der Waals surface area contributed by atoms with Crippen LogP contribution in [0.25, 0.3) is 0 Å². The first-order valence-corrected chi connectivity index (χ1v) is 9.48. The van der Waals surface area contributed by atoms with Gasteiger partial charge in [0.2, 0.25) is 0 Å². The maximum Gasteiger partial charge on any atom is 0.501 e. The van der Waals surface area contributed by atoms with E-state index in [1.165, 1.54) is 12.1 Å². The van der Waals surface area contributed by atoms with Crippen molar-refractivity contribution in [1.82, 2.24) is 0 Å². The normalized spacial score (nSPS) is 22.6. The molecule has 146 valence electrons. The summed E-state index contributed by atoms with van der Waals surface area (Å²) >= 11 is 5.85. The fourth-order valence-corrected chi connectivity index (χ4v) is 4.16. The average Bonchev–Trinajstić information content (AvgIpc) is 2.77. The highest BCUT2D eigenvalue weighted by atomic mass is 35.5. The molecule has 0 saturated heterocycles. The minimum Gasteiger partial charge on any atom is -0.457 e. The summed E-state index contributed by atoms with van der Waals surface area (Å²) in [7, 11) is -5.78. The maximum atomic E-state index is 14.6. The van der Waals surface area contributed by atoms with E-state index in [2.05, 4.69) is 0 Å². The molecule has 2 aromatic carbocycles. The molecular weight excluding hydrogens is 412 g/mol. The number of halogens is 5. The Bertz CT molecular complexity index is 1000. The van der Waals surface area contributed by atoms with Crippen molar-refractivity contribution in [3.63, 3.8) is 0 Å². The minimum absolute atomic E-state index is 0.0613. The van der Waals surface area contributed by atoms with E-state index in [0.717, 1.165) is 13.0 Å². The molecule has 2 unspecified atom stereocenters. The van der Waals surface area contributed by atoms with Crippen LogP contribution in [0.4, 0.5) is 17.6 Å². The molecule has 3 rings (SSSR count). The second kappa shape index (κ2) is 6.35. The lowest BCUT2D eigenvalue weighted by atomic mass is 10.0. The topological polar surface area (TPSA) is 63.6 Å². The fourth-order valence-electron chi connectivity index (χ4n) is 2.96. The van der Waals surface area contributed by atoms with E-state index in [0.29, 0.717) is 11.1 Å². The summed E-state index contributed by atoms with van der Waals surface area (Å²) in [6.45, 7) is 0.977. The van der Waals surface area contributed by atoms with Crippen LogP contribution in [0, 0.1) is 0 Å². The molecule has 0 aromatic heterocycles. The third-order valence-corrected chi connectivity index (χ3v) is 6.04. The van der Waals surface area contributed by atoms with Gasteiger partial charge < -0.3 is 9.84 Å². The van der Waals surface area contributed by atoms with Crippen LogP contribution < -0.4 is 4.74 Å². The zero-order chi connectivity index (χ0) is 20.2. The van der Waals surface area contributed by atoms with Crippen LogP contribution in [0.1, 0.15) is 24.2 Å². The lowest BCUT2D eigenvalue weighted by Crippen LogP contribution is -2.27. The molecule has 2 aromatic rings. The fraction of sp³-hybridized carbons (Fsp3) is 0.294. The highest BCUT2D eigenvalue weighted by Gasteiger charge is 2.53. The van der Waals surface area contributed by atoms with E-state index in [9.17, 15) is 31.1 Å². The molecule has 0 spiro atoms. The average molecular weight is 425 g/mol. The van der Waals surface area contributed by atoms with Crippen molar-refractivity contribution >= 4 is 21.4 Å². The van der Waals surface area contributed by atoms with Crippen molar-refractivity contribution in [2.45, 2.75) is 35.5 Å². The van der Waals surface area contributed by atoms with Crippen LogP contribution in [0.15, 0.2) is 41.3 Å². The molecule has 0 amide bonds. The van der Waals surface area contributed by atoms with Crippen molar-refractivity contribution in [3.05, 3.63) is 52.5 Å². The van der Waals surface area contributed by atoms with Crippen LogP contribution >= 0.6 is 11.6 Å². The van der Waals surface area contributed by atoms with E-state index in [1.54, 1.807) is 12.1 Å². The second-order valence-corrected chi connectivity index (χ2v) is 8.67. The Morgan fingerprint density at radius 3 is 2.52 bits per heavy atom. The molecule has 10 heteroatoms. The van der Waals surface area contributed by atoms with Crippen molar-refractivity contribution in [2.75, 3.05) is 0 Å². The summed E-state index contributed by atoms with van der Waals surface area (Å²) in [5, 5.41) is 10.5. The van der Waals surface area contributed by atoms with Gasteiger partial charge in [-0.1, -0.05) is 17.7 Å². The summed E-state index contributed by atoms with van der Waals surface area (Å²) in [5.74, 6) is 0.159. The van der Waals surface area contributed by atoms with Gasteiger partial charge in [0.25, 0.3) is 9.84 Å². The standard InChI is InChI=1S/C17H13ClF4O4S/c1-16(19)8-11-12(26-10-4-2-3-9(18)7-10)5-6-13(14(11)15(16)23)27(24,25)17(20,21)22/h2-7,15,23H,8H2,1H3. The van der Waals surface area contributed by atoms with Gasteiger partial charge in [-0.25, -0.2) is 12.8 Å². The van der Waals surface area contributed by atoms with Crippen molar-refractivity contribution < 1.29 is 35.8 Å².